The monoisotopic (exact) mass is 346 g/mol. The topological polar surface area (TPSA) is 80.7 Å². The Morgan fingerprint density at radius 2 is 1.96 bits per heavy atom. The van der Waals surface area contributed by atoms with Crippen LogP contribution in [0.15, 0.2) is 12.2 Å². The molecule has 6 atom stereocenters. The maximum atomic E-state index is 13.1. The van der Waals surface area contributed by atoms with Crippen LogP contribution in [0, 0.1) is 39.9 Å². The largest absolute Gasteiger partial charge is 0.464 e. The van der Waals surface area contributed by atoms with Crippen molar-refractivity contribution in [2.75, 3.05) is 13.2 Å². The Balaban J connectivity index is 1.92. The van der Waals surface area contributed by atoms with Gasteiger partial charge in [0, 0.05) is 18.4 Å². The smallest absolute Gasteiger partial charge is 0.320 e. The van der Waals surface area contributed by atoms with Crippen LogP contribution in [0.25, 0.3) is 0 Å². The molecule has 2 spiro atoms. The van der Waals surface area contributed by atoms with Gasteiger partial charge in [-0.1, -0.05) is 26.8 Å². The number of aliphatic hydroxyl groups excluding tert-OH is 1. The number of esters is 1. The number of rotatable bonds is 1. The van der Waals surface area contributed by atoms with Gasteiger partial charge in [-0.3, -0.25) is 14.4 Å². The van der Waals surface area contributed by atoms with E-state index in [9.17, 15) is 19.5 Å². The highest BCUT2D eigenvalue weighted by atomic mass is 16.5. The summed E-state index contributed by atoms with van der Waals surface area (Å²) in [6.45, 7) is 5.69. The van der Waals surface area contributed by atoms with Crippen molar-refractivity contribution in [3.05, 3.63) is 12.2 Å². The minimum absolute atomic E-state index is 0.0254. The maximum Gasteiger partial charge on any atom is 0.320 e. The SMILES string of the molecule is C[C@H]1C(=O)[C@]23C[C@H]1CC[C@H]2[C@]1(COC3=O)C(=O)C=CC(C)(C)[C@H]1CO. The van der Waals surface area contributed by atoms with Crippen molar-refractivity contribution >= 4 is 17.5 Å². The van der Waals surface area contributed by atoms with Crippen LogP contribution in [-0.4, -0.2) is 35.9 Å². The molecule has 3 aliphatic carbocycles. The van der Waals surface area contributed by atoms with Crippen molar-refractivity contribution < 1.29 is 24.2 Å². The van der Waals surface area contributed by atoms with E-state index < -0.39 is 22.2 Å². The molecule has 0 unspecified atom stereocenters. The lowest BCUT2D eigenvalue weighted by atomic mass is 9.46. The Hall–Kier alpha value is -1.49. The van der Waals surface area contributed by atoms with Gasteiger partial charge in [0.05, 0.1) is 5.41 Å². The predicted molar refractivity (Wildman–Crippen MR) is 89.3 cm³/mol. The molecule has 2 saturated carbocycles. The zero-order valence-electron chi connectivity index (χ0n) is 15.1. The summed E-state index contributed by atoms with van der Waals surface area (Å²) in [5.74, 6) is -1.31. The second-order valence-electron chi connectivity index (χ2n) is 9.09. The number of hydrogen-bond acceptors (Lipinski definition) is 5. The molecule has 0 amide bonds. The van der Waals surface area contributed by atoms with Crippen molar-refractivity contribution in [1.82, 2.24) is 0 Å². The molecule has 1 aliphatic heterocycles. The quantitative estimate of drug-likeness (QED) is 0.579. The third-order valence-electron chi connectivity index (χ3n) is 7.82. The third-order valence-corrected chi connectivity index (χ3v) is 7.82. The predicted octanol–water partition coefficient (Wildman–Crippen LogP) is 1.92. The molecule has 5 heteroatoms. The fraction of sp³-hybridized carbons (Fsp3) is 0.750. The van der Waals surface area contributed by atoms with Gasteiger partial charge in [-0.2, -0.15) is 0 Å². The minimum Gasteiger partial charge on any atom is -0.464 e. The van der Waals surface area contributed by atoms with Crippen LogP contribution in [0.3, 0.4) is 0 Å². The number of fused-ring (bicyclic) bond motifs is 2. The molecule has 0 aromatic heterocycles. The number of ketones is 2. The molecule has 2 bridgehead atoms. The van der Waals surface area contributed by atoms with Crippen LogP contribution >= 0.6 is 0 Å². The van der Waals surface area contributed by atoms with Crippen molar-refractivity contribution in [1.29, 1.82) is 0 Å². The first-order valence-corrected chi connectivity index (χ1v) is 9.28. The van der Waals surface area contributed by atoms with Crippen LogP contribution in [-0.2, 0) is 19.1 Å². The lowest BCUT2D eigenvalue weighted by Gasteiger charge is -2.58. The summed E-state index contributed by atoms with van der Waals surface area (Å²) in [6.07, 6.45) is 5.43. The van der Waals surface area contributed by atoms with Gasteiger partial charge in [0.15, 0.2) is 11.6 Å². The molecule has 25 heavy (non-hydrogen) atoms. The first-order valence-electron chi connectivity index (χ1n) is 9.28. The summed E-state index contributed by atoms with van der Waals surface area (Å²) in [7, 11) is 0. The second kappa shape index (κ2) is 5.03. The lowest BCUT2D eigenvalue weighted by molar-refractivity contribution is -0.205. The second-order valence-corrected chi connectivity index (χ2v) is 9.09. The Labute approximate surface area is 147 Å². The highest BCUT2D eigenvalue weighted by molar-refractivity contribution is 6.09. The van der Waals surface area contributed by atoms with Gasteiger partial charge in [-0.05, 0) is 42.6 Å². The van der Waals surface area contributed by atoms with Gasteiger partial charge in [-0.25, -0.2) is 0 Å². The normalized spacial score (nSPS) is 47.8. The highest BCUT2D eigenvalue weighted by Gasteiger charge is 2.73. The van der Waals surface area contributed by atoms with Gasteiger partial charge in [0.25, 0.3) is 0 Å². The Kier molecular flexibility index (Phi) is 3.41. The van der Waals surface area contributed by atoms with Crippen LogP contribution < -0.4 is 0 Å². The van der Waals surface area contributed by atoms with Crippen molar-refractivity contribution in [2.45, 2.75) is 40.0 Å². The number of hydrogen-bond donors (Lipinski definition) is 1. The Bertz CT molecular complexity index is 692. The molecule has 4 rings (SSSR count). The molecule has 1 heterocycles. The van der Waals surface area contributed by atoms with Gasteiger partial charge in [0.2, 0.25) is 0 Å². The zero-order valence-corrected chi connectivity index (χ0v) is 15.1. The van der Waals surface area contributed by atoms with Crippen molar-refractivity contribution in [2.24, 2.45) is 39.9 Å². The average Bonchev–Trinajstić information content (AvgIpc) is 2.77. The van der Waals surface area contributed by atoms with E-state index in [-0.39, 0.29) is 48.5 Å². The molecule has 0 radical (unpaired) electrons. The van der Waals surface area contributed by atoms with E-state index in [2.05, 4.69) is 0 Å². The molecule has 3 fully saturated rings. The first kappa shape index (κ1) is 17.0. The summed E-state index contributed by atoms with van der Waals surface area (Å²) >= 11 is 0. The molecular formula is C20H26O5. The molecule has 1 N–H and O–H groups in total. The van der Waals surface area contributed by atoms with E-state index in [1.54, 1.807) is 6.08 Å². The number of carbonyl (C=O) groups excluding carboxylic acids is 3. The fourth-order valence-corrected chi connectivity index (χ4v) is 6.42. The van der Waals surface area contributed by atoms with Gasteiger partial charge < -0.3 is 9.84 Å². The van der Waals surface area contributed by atoms with Gasteiger partial charge >= 0.3 is 5.97 Å². The third kappa shape index (κ3) is 1.80. The zero-order chi connectivity index (χ0) is 18.2. The van der Waals surface area contributed by atoms with E-state index >= 15 is 0 Å². The molecular weight excluding hydrogens is 320 g/mol. The minimum atomic E-state index is -1.19. The number of Topliss-reactive ketones (excluding diaryl/α,β-unsaturated/α-hetero) is 1. The van der Waals surface area contributed by atoms with E-state index in [1.807, 2.05) is 26.8 Å². The van der Waals surface area contributed by atoms with Crippen LogP contribution in [0.5, 0.6) is 0 Å². The number of ether oxygens (including phenoxy) is 1. The van der Waals surface area contributed by atoms with Crippen molar-refractivity contribution in [3.63, 3.8) is 0 Å². The van der Waals surface area contributed by atoms with Crippen LogP contribution in [0.2, 0.25) is 0 Å². The number of aliphatic hydroxyl groups is 1. The molecule has 0 aromatic rings. The summed E-state index contributed by atoms with van der Waals surface area (Å²) < 4.78 is 5.55. The number of allylic oxidation sites excluding steroid dienone is 2. The standard InChI is InChI=1S/C20H26O5/c1-11-12-4-5-13-19(8-12,16(11)23)17(24)25-10-20(13)14(9-21)18(2,3)7-6-15(20)22/h6-7,11-14,21H,4-5,8-10H2,1-3H3/t11-,12-,13-,14-,19+,20+/m1/s1. The Morgan fingerprint density at radius 3 is 2.64 bits per heavy atom. The summed E-state index contributed by atoms with van der Waals surface area (Å²) in [4.78, 5) is 39.1. The van der Waals surface area contributed by atoms with Gasteiger partial charge in [0.1, 0.15) is 12.0 Å². The summed E-state index contributed by atoms with van der Waals surface area (Å²) in [5.41, 5.74) is -2.59. The van der Waals surface area contributed by atoms with E-state index in [0.717, 1.165) is 6.42 Å². The van der Waals surface area contributed by atoms with E-state index in [4.69, 9.17) is 4.74 Å². The molecule has 0 aromatic carbocycles. The molecule has 1 saturated heterocycles. The average molecular weight is 346 g/mol. The molecule has 4 aliphatic rings. The fourth-order valence-electron chi connectivity index (χ4n) is 6.42. The van der Waals surface area contributed by atoms with Crippen LogP contribution in [0.1, 0.15) is 40.0 Å². The van der Waals surface area contributed by atoms with Crippen molar-refractivity contribution in [3.8, 4) is 0 Å². The summed E-state index contributed by atoms with van der Waals surface area (Å²) in [6, 6.07) is 0. The number of cyclic esters (lactones) is 1. The highest BCUT2D eigenvalue weighted by Crippen LogP contribution is 2.66. The number of carbonyl (C=O) groups is 3. The van der Waals surface area contributed by atoms with Gasteiger partial charge in [-0.15, -0.1) is 0 Å². The first-order chi connectivity index (χ1) is 11.7. The molecule has 136 valence electrons. The van der Waals surface area contributed by atoms with E-state index in [1.165, 1.54) is 0 Å². The maximum absolute atomic E-state index is 13.1. The van der Waals surface area contributed by atoms with E-state index in [0.29, 0.717) is 12.8 Å². The molecule has 5 nitrogen and oxygen atoms in total. The van der Waals surface area contributed by atoms with Crippen LogP contribution in [0.4, 0.5) is 0 Å². The Morgan fingerprint density at radius 1 is 1.24 bits per heavy atom. The summed E-state index contributed by atoms with van der Waals surface area (Å²) in [5, 5.41) is 10.2. The lowest BCUT2D eigenvalue weighted by Crippen LogP contribution is -2.66.